The lowest BCUT2D eigenvalue weighted by atomic mass is 10.1. The Morgan fingerprint density at radius 2 is 2.03 bits per heavy atom. The molecule has 2 N–H and O–H groups in total. The maximum atomic E-state index is 12.3. The van der Waals surface area contributed by atoms with Gasteiger partial charge in [0.1, 0.15) is 5.69 Å². The van der Waals surface area contributed by atoms with E-state index in [0.29, 0.717) is 29.1 Å². The van der Waals surface area contributed by atoms with E-state index >= 15 is 0 Å². The van der Waals surface area contributed by atoms with E-state index in [1.807, 2.05) is 6.92 Å². The third-order valence-electron chi connectivity index (χ3n) is 6.52. The fourth-order valence-corrected chi connectivity index (χ4v) is 4.92. The molecule has 1 aromatic heterocycles. The Balaban J connectivity index is 1.47. The van der Waals surface area contributed by atoms with Crippen molar-refractivity contribution in [1.82, 2.24) is 20.5 Å². The van der Waals surface area contributed by atoms with E-state index in [4.69, 9.17) is 11.6 Å². The first-order chi connectivity index (χ1) is 15.5. The molecule has 2 atom stereocenters. The number of amides is 2. The largest absolute Gasteiger partial charge is 0.367 e. The van der Waals surface area contributed by atoms with Crippen LogP contribution in [0.2, 0.25) is 5.02 Å². The van der Waals surface area contributed by atoms with Crippen LogP contribution < -0.4 is 15.5 Å². The molecule has 32 heavy (non-hydrogen) atoms. The van der Waals surface area contributed by atoms with Gasteiger partial charge in [0.25, 0.3) is 5.91 Å². The van der Waals surface area contributed by atoms with E-state index in [2.05, 4.69) is 32.0 Å². The quantitative estimate of drug-likeness (QED) is 0.461. The van der Waals surface area contributed by atoms with Crippen molar-refractivity contribution in [1.29, 1.82) is 0 Å². The standard InChI is InChI=1S/C24H34ClN5O2/c1-4-6-18(5-2)23(31)28-15-17-7-8-19(13-17)29-9-11-30(12-10-29)22-16-27-21(14-20(22)25)24(32)26-3/h4,6,14,16-17,19H,1,5,7-13,15H2,2-3H3,(H,26,32)(H,28,31)/b18-6-/t17-,19+/m1/s1. The van der Waals surface area contributed by atoms with E-state index in [-0.39, 0.29) is 11.8 Å². The van der Waals surface area contributed by atoms with Crippen LogP contribution in [0.15, 0.2) is 36.6 Å². The summed E-state index contributed by atoms with van der Waals surface area (Å²) in [7, 11) is 1.58. The molecule has 174 valence electrons. The average Bonchev–Trinajstić information content (AvgIpc) is 3.29. The Kier molecular flexibility index (Phi) is 8.70. The number of halogens is 1. The summed E-state index contributed by atoms with van der Waals surface area (Å²) in [6, 6.07) is 2.20. The van der Waals surface area contributed by atoms with Gasteiger partial charge in [0.2, 0.25) is 5.91 Å². The third-order valence-corrected chi connectivity index (χ3v) is 6.82. The SMILES string of the molecule is C=C/C=C(/CC)C(=O)NC[C@@H]1CC[C@H](N2CCN(c3cnc(C(=O)NC)cc3Cl)CC2)C1. The topological polar surface area (TPSA) is 77.6 Å². The molecule has 3 rings (SSSR count). The van der Waals surface area contributed by atoms with Crippen LogP contribution in [0.5, 0.6) is 0 Å². The minimum atomic E-state index is -0.238. The Morgan fingerprint density at radius 1 is 1.28 bits per heavy atom. The number of carbonyl (C=O) groups excluding carboxylic acids is 2. The number of piperazine rings is 1. The van der Waals surface area contributed by atoms with Gasteiger partial charge in [-0.2, -0.15) is 0 Å². The summed E-state index contributed by atoms with van der Waals surface area (Å²) >= 11 is 6.44. The highest BCUT2D eigenvalue weighted by Gasteiger charge is 2.31. The highest BCUT2D eigenvalue weighted by molar-refractivity contribution is 6.33. The average molecular weight is 460 g/mol. The van der Waals surface area contributed by atoms with Gasteiger partial charge < -0.3 is 15.5 Å². The summed E-state index contributed by atoms with van der Waals surface area (Å²) in [5.74, 6) is 0.315. The van der Waals surface area contributed by atoms with Gasteiger partial charge in [0.15, 0.2) is 0 Å². The summed E-state index contributed by atoms with van der Waals surface area (Å²) in [6.07, 6.45) is 9.31. The summed E-state index contributed by atoms with van der Waals surface area (Å²) in [5, 5.41) is 6.23. The van der Waals surface area contributed by atoms with Gasteiger partial charge >= 0.3 is 0 Å². The lowest BCUT2D eigenvalue weighted by Gasteiger charge is -2.39. The zero-order chi connectivity index (χ0) is 23.1. The van der Waals surface area contributed by atoms with Crippen LogP contribution in [-0.4, -0.2) is 67.5 Å². The molecule has 2 heterocycles. The number of hydrogen-bond acceptors (Lipinski definition) is 5. The van der Waals surface area contributed by atoms with Crippen molar-refractivity contribution >= 4 is 29.1 Å². The van der Waals surface area contributed by atoms with Gasteiger partial charge in [-0.1, -0.05) is 37.3 Å². The number of hydrogen-bond donors (Lipinski definition) is 2. The van der Waals surface area contributed by atoms with Crippen LogP contribution in [0.4, 0.5) is 5.69 Å². The number of pyridine rings is 1. The van der Waals surface area contributed by atoms with Gasteiger partial charge in [0, 0.05) is 51.4 Å². The third kappa shape index (κ3) is 5.90. The molecule has 1 saturated heterocycles. The highest BCUT2D eigenvalue weighted by atomic mass is 35.5. The molecule has 0 spiro atoms. The molecule has 2 aliphatic rings. The molecular formula is C24H34ClN5O2. The summed E-state index contributed by atoms with van der Waals surface area (Å²) in [6.45, 7) is 10.1. The van der Waals surface area contributed by atoms with Gasteiger partial charge in [-0.15, -0.1) is 0 Å². The predicted molar refractivity (Wildman–Crippen MR) is 129 cm³/mol. The molecule has 0 radical (unpaired) electrons. The number of anilines is 1. The number of rotatable bonds is 8. The zero-order valence-electron chi connectivity index (χ0n) is 19.1. The lowest BCUT2D eigenvalue weighted by molar-refractivity contribution is -0.117. The molecule has 1 aromatic rings. The first-order valence-corrected chi connectivity index (χ1v) is 11.8. The number of carbonyl (C=O) groups is 2. The van der Waals surface area contributed by atoms with E-state index in [0.717, 1.165) is 56.8 Å². The number of allylic oxidation sites excluding steroid dienone is 2. The van der Waals surface area contributed by atoms with Crippen LogP contribution in [0.25, 0.3) is 0 Å². The molecule has 0 aromatic carbocycles. The molecule has 2 amide bonds. The second-order valence-electron chi connectivity index (χ2n) is 8.45. The summed E-state index contributed by atoms with van der Waals surface area (Å²) in [5.41, 5.74) is 1.99. The van der Waals surface area contributed by atoms with Gasteiger partial charge in [0.05, 0.1) is 16.9 Å². The van der Waals surface area contributed by atoms with Gasteiger partial charge in [-0.05, 0) is 37.7 Å². The molecule has 0 bridgehead atoms. The van der Waals surface area contributed by atoms with Crippen molar-refractivity contribution in [2.45, 2.75) is 38.6 Å². The number of nitrogens with zero attached hydrogens (tertiary/aromatic N) is 3. The molecule has 1 aliphatic heterocycles. The molecule has 1 aliphatic carbocycles. The molecule has 1 saturated carbocycles. The predicted octanol–water partition coefficient (Wildman–Crippen LogP) is 3.02. The maximum absolute atomic E-state index is 12.3. The van der Waals surface area contributed by atoms with Crippen molar-refractivity contribution in [3.63, 3.8) is 0 Å². The minimum Gasteiger partial charge on any atom is -0.367 e. The van der Waals surface area contributed by atoms with E-state index in [1.54, 1.807) is 31.5 Å². The second kappa shape index (κ2) is 11.5. The van der Waals surface area contributed by atoms with Crippen LogP contribution in [0.1, 0.15) is 43.1 Å². The second-order valence-corrected chi connectivity index (χ2v) is 8.85. The molecular weight excluding hydrogens is 426 g/mol. The normalized spacial score (nSPS) is 22.0. The first kappa shape index (κ1) is 24.3. The molecule has 8 heteroatoms. The monoisotopic (exact) mass is 459 g/mol. The van der Waals surface area contributed by atoms with Crippen molar-refractivity contribution in [2.75, 3.05) is 44.7 Å². The van der Waals surface area contributed by atoms with E-state index in [9.17, 15) is 9.59 Å². The molecule has 0 unspecified atom stereocenters. The van der Waals surface area contributed by atoms with Crippen molar-refractivity contribution in [3.8, 4) is 0 Å². The van der Waals surface area contributed by atoms with E-state index < -0.39 is 0 Å². The lowest BCUT2D eigenvalue weighted by Crippen LogP contribution is -2.50. The highest BCUT2D eigenvalue weighted by Crippen LogP contribution is 2.31. The fourth-order valence-electron chi connectivity index (χ4n) is 4.65. The van der Waals surface area contributed by atoms with Gasteiger partial charge in [-0.25, -0.2) is 4.98 Å². The Morgan fingerprint density at radius 3 is 2.66 bits per heavy atom. The zero-order valence-corrected chi connectivity index (χ0v) is 19.8. The van der Waals surface area contributed by atoms with Crippen LogP contribution in [0.3, 0.4) is 0 Å². The number of nitrogens with one attached hydrogen (secondary N) is 2. The Bertz CT molecular complexity index is 864. The smallest absolute Gasteiger partial charge is 0.269 e. The maximum Gasteiger partial charge on any atom is 0.269 e. The van der Waals surface area contributed by atoms with E-state index in [1.165, 1.54) is 6.42 Å². The number of aromatic nitrogens is 1. The molecule has 2 fully saturated rings. The first-order valence-electron chi connectivity index (χ1n) is 11.4. The van der Waals surface area contributed by atoms with Crippen molar-refractivity contribution in [2.24, 2.45) is 5.92 Å². The summed E-state index contributed by atoms with van der Waals surface area (Å²) < 4.78 is 0. The Labute approximate surface area is 195 Å². The summed E-state index contributed by atoms with van der Waals surface area (Å²) in [4.78, 5) is 33.1. The fraction of sp³-hybridized carbons (Fsp3) is 0.542. The Hall–Kier alpha value is -2.38. The van der Waals surface area contributed by atoms with Crippen molar-refractivity contribution < 1.29 is 9.59 Å². The van der Waals surface area contributed by atoms with Gasteiger partial charge in [-0.3, -0.25) is 14.5 Å². The van der Waals surface area contributed by atoms with Crippen LogP contribution in [0, 0.1) is 5.92 Å². The minimum absolute atomic E-state index is 0.0254. The van der Waals surface area contributed by atoms with Crippen molar-refractivity contribution in [3.05, 3.63) is 47.3 Å². The van der Waals surface area contributed by atoms with Crippen LogP contribution >= 0.6 is 11.6 Å². The molecule has 7 nitrogen and oxygen atoms in total. The van der Waals surface area contributed by atoms with Crippen LogP contribution in [-0.2, 0) is 4.79 Å².